The van der Waals surface area contributed by atoms with E-state index >= 15 is 0 Å². The molecule has 1 aliphatic heterocycles. The number of hydrogen-bond acceptors (Lipinski definition) is 5. The first kappa shape index (κ1) is 22.3. The van der Waals surface area contributed by atoms with Crippen molar-refractivity contribution in [2.45, 2.75) is 44.0 Å². The van der Waals surface area contributed by atoms with Crippen LogP contribution in [0.15, 0.2) is 29.2 Å². The van der Waals surface area contributed by atoms with Crippen LogP contribution in [0.2, 0.25) is 0 Å². The number of carbonyl (C=O) groups is 2. The van der Waals surface area contributed by atoms with Crippen molar-refractivity contribution in [3.8, 4) is 0 Å². The molecule has 2 atom stereocenters. The predicted octanol–water partition coefficient (Wildman–Crippen LogP) is 0.360. The van der Waals surface area contributed by atoms with Gasteiger partial charge in [-0.05, 0) is 37.0 Å². The molecule has 0 aromatic heterocycles. The van der Waals surface area contributed by atoms with Crippen molar-refractivity contribution in [2.75, 3.05) is 33.3 Å². The number of methoxy groups -OCH3 is 1. The fourth-order valence-electron chi connectivity index (χ4n) is 3.25. The summed E-state index contributed by atoms with van der Waals surface area (Å²) < 4.78 is 31.7. The Morgan fingerprint density at radius 3 is 2.25 bits per heavy atom. The number of nitrogens with one attached hydrogen (secondary N) is 2. The fraction of sp³-hybridized carbons (Fsp3) is 0.579. The Morgan fingerprint density at radius 2 is 1.75 bits per heavy atom. The number of benzene rings is 1. The number of hydrogen-bond donors (Lipinski definition) is 2. The van der Waals surface area contributed by atoms with Crippen LogP contribution in [0.5, 0.6) is 0 Å². The molecule has 8 nitrogen and oxygen atoms in total. The van der Waals surface area contributed by atoms with E-state index < -0.39 is 28.1 Å². The second-order valence-electron chi connectivity index (χ2n) is 7.14. The molecule has 1 heterocycles. The Hall–Kier alpha value is -1.97. The highest BCUT2D eigenvalue weighted by atomic mass is 32.2. The topological polar surface area (TPSA) is 97.2 Å². The average molecular weight is 413 g/mol. The van der Waals surface area contributed by atoms with Crippen LogP contribution in [0, 0.1) is 0 Å². The molecular formula is C19H30N3O5S+. The summed E-state index contributed by atoms with van der Waals surface area (Å²) in [5.41, 5.74) is 1.13. The number of sulfonamides is 1. The number of piperazine rings is 1. The van der Waals surface area contributed by atoms with Gasteiger partial charge >= 0.3 is 6.09 Å². The third-order valence-electron chi connectivity index (χ3n) is 5.48. The first-order valence-electron chi connectivity index (χ1n) is 9.54. The first-order valence-corrected chi connectivity index (χ1v) is 11.0. The molecule has 0 radical (unpaired) electrons. The number of carbonyl (C=O) groups excluding carboxylic acids is 2. The van der Waals surface area contributed by atoms with Crippen LogP contribution in [0.1, 0.15) is 38.7 Å². The molecule has 9 heteroatoms. The molecule has 0 saturated carbocycles. The summed E-state index contributed by atoms with van der Waals surface area (Å²) in [6.45, 7) is 7.54. The van der Waals surface area contributed by atoms with Crippen LogP contribution in [-0.2, 0) is 19.6 Å². The fourth-order valence-corrected chi connectivity index (χ4v) is 4.69. The number of nitrogens with zero attached hydrogens (tertiary/aromatic N) is 1. The zero-order valence-electron chi connectivity index (χ0n) is 16.9. The molecular weight excluding hydrogens is 382 g/mol. The number of amides is 2. The lowest BCUT2D eigenvalue weighted by molar-refractivity contribution is -0.917. The standard InChI is InChI=1S/C19H29N3O5S/c1-5-14(2)16-6-8-17(9-7-16)28(25,26)22-12-10-21(11-13-22)15(3)18(23)20-19(24)27-4/h6-9,14-15H,5,10-13H2,1-4H3,(H,20,23,24)/p+1/t14-,15-/m0/s1. The lowest BCUT2D eigenvalue weighted by atomic mass is 9.99. The largest absolute Gasteiger partial charge is 0.453 e. The van der Waals surface area contributed by atoms with Crippen LogP contribution in [0.3, 0.4) is 0 Å². The van der Waals surface area contributed by atoms with Crippen molar-refractivity contribution >= 4 is 22.0 Å². The van der Waals surface area contributed by atoms with Gasteiger partial charge in [0.1, 0.15) is 0 Å². The highest BCUT2D eigenvalue weighted by Crippen LogP contribution is 2.22. The van der Waals surface area contributed by atoms with E-state index in [-0.39, 0.29) is 0 Å². The number of rotatable bonds is 6. The maximum Gasteiger partial charge on any atom is 0.413 e. The van der Waals surface area contributed by atoms with Crippen LogP contribution in [-0.4, -0.2) is 64.1 Å². The zero-order valence-corrected chi connectivity index (χ0v) is 17.7. The first-order chi connectivity index (χ1) is 13.2. The SMILES string of the molecule is CC[C@H](C)c1ccc(S(=O)(=O)N2CC[NH+]([C@@H](C)C(=O)NC(=O)OC)CC2)cc1. The second kappa shape index (κ2) is 9.49. The summed E-state index contributed by atoms with van der Waals surface area (Å²) in [6.07, 6.45) is 0.205. The van der Waals surface area contributed by atoms with Crippen LogP contribution in [0.25, 0.3) is 0 Å². The summed E-state index contributed by atoms with van der Waals surface area (Å²) in [6, 6.07) is 6.62. The Labute approximate surface area is 166 Å². The van der Waals surface area contributed by atoms with Gasteiger partial charge < -0.3 is 9.64 Å². The van der Waals surface area contributed by atoms with Gasteiger partial charge in [-0.3, -0.25) is 10.1 Å². The van der Waals surface area contributed by atoms with Gasteiger partial charge in [-0.1, -0.05) is 26.0 Å². The van der Waals surface area contributed by atoms with E-state index in [1.807, 2.05) is 12.1 Å². The van der Waals surface area contributed by atoms with Gasteiger partial charge in [0, 0.05) is 0 Å². The third-order valence-corrected chi connectivity index (χ3v) is 7.39. The third kappa shape index (κ3) is 5.09. The lowest BCUT2D eigenvalue weighted by Gasteiger charge is -2.34. The van der Waals surface area contributed by atoms with E-state index in [1.54, 1.807) is 19.1 Å². The molecule has 0 spiro atoms. The van der Waals surface area contributed by atoms with Gasteiger partial charge in [0.2, 0.25) is 10.0 Å². The summed E-state index contributed by atoms with van der Waals surface area (Å²) in [7, 11) is -2.36. The van der Waals surface area contributed by atoms with Crippen molar-refractivity contribution in [3.63, 3.8) is 0 Å². The van der Waals surface area contributed by atoms with Gasteiger partial charge in [0.25, 0.3) is 5.91 Å². The van der Waals surface area contributed by atoms with Crippen molar-refractivity contribution in [1.82, 2.24) is 9.62 Å². The van der Waals surface area contributed by atoms with Crippen LogP contribution in [0.4, 0.5) is 4.79 Å². The highest BCUT2D eigenvalue weighted by Gasteiger charge is 2.34. The molecule has 28 heavy (non-hydrogen) atoms. The van der Waals surface area contributed by atoms with Crippen molar-refractivity contribution < 1.29 is 27.6 Å². The smallest absolute Gasteiger partial charge is 0.413 e. The summed E-state index contributed by atoms with van der Waals surface area (Å²) in [4.78, 5) is 24.5. The predicted molar refractivity (Wildman–Crippen MR) is 105 cm³/mol. The zero-order chi connectivity index (χ0) is 20.9. The lowest BCUT2D eigenvalue weighted by Crippen LogP contribution is -3.19. The summed E-state index contributed by atoms with van der Waals surface area (Å²) >= 11 is 0. The van der Waals surface area contributed by atoms with Gasteiger partial charge in [-0.2, -0.15) is 4.31 Å². The monoisotopic (exact) mass is 412 g/mol. The normalized spacial score (nSPS) is 18.3. The number of ether oxygens (including phenoxy) is 1. The number of alkyl carbamates (subject to hydrolysis) is 1. The molecule has 1 fully saturated rings. The van der Waals surface area contributed by atoms with E-state index in [1.165, 1.54) is 11.4 Å². The van der Waals surface area contributed by atoms with E-state index in [2.05, 4.69) is 23.9 Å². The number of imide groups is 1. The molecule has 2 N–H and O–H groups in total. The van der Waals surface area contributed by atoms with E-state index in [0.717, 1.165) is 16.9 Å². The van der Waals surface area contributed by atoms with E-state index in [9.17, 15) is 18.0 Å². The Bertz CT molecular complexity index is 786. The molecule has 1 saturated heterocycles. The minimum absolute atomic E-state index is 0.291. The molecule has 0 bridgehead atoms. The van der Waals surface area contributed by atoms with Gasteiger partial charge in [0.15, 0.2) is 6.04 Å². The minimum Gasteiger partial charge on any atom is -0.453 e. The molecule has 2 rings (SSSR count). The Balaban J connectivity index is 1.99. The average Bonchev–Trinajstić information content (AvgIpc) is 2.72. The van der Waals surface area contributed by atoms with E-state index in [0.29, 0.717) is 37.0 Å². The van der Waals surface area contributed by atoms with Crippen molar-refractivity contribution in [2.24, 2.45) is 0 Å². The van der Waals surface area contributed by atoms with Crippen LogP contribution >= 0.6 is 0 Å². The quantitative estimate of drug-likeness (QED) is 0.703. The van der Waals surface area contributed by atoms with Crippen molar-refractivity contribution in [3.05, 3.63) is 29.8 Å². The van der Waals surface area contributed by atoms with Gasteiger partial charge in [0.05, 0.1) is 38.2 Å². The molecule has 0 aliphatic carbocycles. The maximum absolute atomic E-state index is 12.9. The van der Waals surface area contributed by atoms with Gasteiger partial charge in [-0.25, -0.2) is 13.2 Å². The molecule has 2 amide bonds. The second-order valence-corrected chi connectivity index (χ2v) is 9.08. The molecule has 1 aromatic carbocycles. The molecule has 1 aliphatic rings. The Morgan fingerprint density at radius 1 is 1.18 bits per heavy atom. The van der Waals surface area contributed by atoms with Crippen LogP contribution < -0.4 is 10.2 Å². The maximum atomic E-state index is 12.9. The molecule has 1 aromatic rings. The van der Waals surface area contributed by atoms with Crippen molar-refractivity contribution in [1.29, 1.82) is 0 Å². The molecule has 0 unspecified atom stereocenters. The van der Waals surface area contributed by atoms with Gasteiger partial charge in [-0.15, -0.1) is 0 Å². The highest BCUT2D eigenvalue weighted by molar-refractivity contribution is 7.89. The van der Waals surface area contributed by atoms with E-state index in [4.69, 9.17) is 0 Å². The summed E-state index contributed by atoms with van der Waals surface area (Å²) in [5, 5.41) is 2.16. The molecule has 156 valence electrons. The minimum atomic E-state index is -3.56. The number of quaternary nitrogens is 1. The Kier molecular flexibility index (Phi) is 7.56. The summed E-state index contributed by atoms with van der Waals surface area (Å²) in [5.74, 6) is -0.0414.